The molecule has 88 valence electrons. The van der Waals surface area contributed by atoms with Crippen molar-refractivity contribution in [1.82, 2.24) is 15.0 Å². The maximum absolute atomic E-state index is 13.1. The lowest BCUT2D eigenvalue weighted by Gasteiger charge is -2.16. The van der Waals surface area contributed by atoms with Gasteiger partial charge in [-0.2, -0.15) is 15.0 Å². The topological polar surface area (TPSA) is 41.9 Å². The predicted octanol–water partition coefficient (Wildman–Crippen LogP) is 3.09. The van der Waals surface area contributed by atoms with Gasteiger partial charge in [-0.25, -0.2) is 4.39 Å². The predicted molar refractivity (Wildman–Crippen MR) is 64.3 cm³/mol. The molecule has 1 heterocycles. The molecular weight excluding hydrogens is 266 g/mol. The van der Waals surface area contributed by atoms with Crippen LogP contribution < -0.4 is 4.90 Å². The van der Waals surface area contributed by atoms with E-state index in [0.717, 1.165) is 0 Å². The van der Waals surface area contributed by atoms with Gasteiger partial charge in [-0.15, -0.1) is 0 Å². The lowest BCUT2D eigenvalue weighted by atomic mass is 10.3. The van der Waals surface area contributed by atoms with E-state index >= 15 is 0 Å². The SMILES string of the molecule is CN(c1cccc(F)c1)c1nc(Cl)nc(Cl)n1. The van der Waals surface area contributed by atoms with E-state index in [-0.39, 0.29) is 22.3 Å². The van der Waals surface area contributed by atoms with Crippen molar-refractivity contribution >= 4 is 34.8 Å². The Hall–Kier alpha value is -1.46. The van der Waals surface area contributed by atoms with Gasteiger partial charge >= 0.3 is 0 Å². The molecule has 7 heteroatoms. The van der Waals surface area contributed by atoms with Crippen LogP contribution in [0.25, 0.3) is 0 Å². The molecule has 1 aromatic heterocycles. The van der Waals surface area contributed by atoms with E-state index in [2.05, 4.69) is 15.0 Å². The highest BCUT2D eigenvalue weighted by Gasteiger charge is 2.10. The number of nitrogens with zero attached hydrogens (tertiary/aromatic N) is 4. The minimum atomic E-state index is -0.347. The third kappa shape index (κ3) is 2.81. The van der Waals surface area contributed by atoms with Crippen LogP contribution >= 0.6 is 23.2 Å². The zero-order chi connectivity index (χ0) is 12.4. The Kier molecular flexibility index (Phi) is 3.40. The lowest BCUT2D eigenvalue weighted by Crippen LogP contribution is -2.14. The molecule has 0 spiro atoms. The molecule has 0 N–H and O–H groups in total. The van der Waals surface area contributed by atoms with Crippen LogP contribution in [0.15, 0.2) is 24.3 Å². The average Bonchev–Trinajstić information content (AvgIpc) is 2.26. The molecule has 17 heavy (non-hydrogen) atoms. The van der Waals surface area contributed by atoms with Crippen LogP contribution in [0.1, 0.15) is 0 Å². The van der Waals surface area contributed by atoms with Gasteiger partial charge in [0.05, 0.1) is 0 Å². The third-order valence-electron chi connectivity index (χ3n) is 2.06. The fourth-order valence-electron chi connectivity index (χ4n) is 1.27. The lowest BCUT2D eigenvalue weighted by molar-refractivity contribution is 0.628. The Bertz CT molecular complexity index is 529. The largest absolute Gasteiger partial charge is 0.313 e. The first-order valence-electron chi connectivity index (χ1n) is 4.62. The van der Waals surface area contributed by atoms with E-state index in [9.17, 15) is 4.39 Å². The molecule has 0 amide bonds. The van der Waals surface area contributed by atoms with Crippen LogP contribution in [0.5, 0.6) is 0 Å². The quantitative estimate of drug-likeness (QED) is 0.843. The zero-order valence-electron chi connectivity index (χ0n) is 8.73. The van der Waals surface area contributed by atoms with Gasteiger partial charge in [0.25, 0.3) is 0 Å². The molecule has 0 saturated carbocycles. The summed E-state index contributed by atoms with van der Waals surface area (Å²) in [6.45, 7) is 0. The van der Waals surface area contributed by atoms with E-state index in [0.29, 0.717) is 5.69 Å². The summed E-state index contributed by atoms with van der Waals surface area (Å²) in [5, 5.41) is -0.0218. The van der Waals surface area contributed by atoms with Gasteiger partial charge in [0.15, 0.2) is 0 Å². The van der Waals surface area contributed by atoms with Gasteiger partial charge in [-0.05, 0) is 41.4 Å². The second-order valence-electron chi connectivity index (χ2n) is 3.21. The van der Waals surface area contributed by atoms with E-state index in [1.807, 2.05) is 0 Å². The zero-order valence-corrected chi connectivity index (χ0v) is 10.2. The second-order valence-corrected chi connectivity index (χ2v) is 3.89. The van der Waals surface area contributed by atoms with Crippen LogP contribution in [0, 0.1) is 5.82 Å². The Balaban J connectivity index is 2.39. The molecule has 0 aliphatic carbocycles. The molecule has 0 radical (unpaired) electrons. The molecule has 0 bridgehead atoms. The smallest absolute Gasteiger partial charge is 0.235 e. The van der Waals surface area contributed by atoms with E-state index in [1.165, 1.54) is 12.1 Å². The van der Waals surface area contributed by atoms with E-state index in [1.54, 1.807) is 24.1 Å². The fraction of sp³-hybridized carbons (Fsp3) is 0.100. The molecule has 0 atom stereocenters. The normalized spacial score (nSPS) is 10.4. The van der Waals surface area contributed by atoms with Gasteiger partial charge in [0.2, 0.25) is 16.5 Å². The van der Waals surface area contributed by atoms with Crippen molar-refractivity contribution in [3.8, 4) is 0 Å². The van der Waals surface area contributed by atoms with Crippen molar-refractivity contribution < 1.29 is 4.39 Å². The van der Waals surface area contributed by atoms with Gasteiger partial charge < -0.3 is 4.90 Å². The van der Waals surface area contributed by atoms with Crippen LogP contribution in [-0.4, -0.2) is 22.0 Å². The number of benzene rings is 1. The molecule has 4 nitrogen and oxygen atoms in total. The molecule has 0 aliphatic heterocycles. The molecule has 1 aromatic carbocycles. The van der Waals surface area contributed by atoms with Crippen molar-refractivity contribution in [3.63, 3.8) is 0 Å². The van der Waals surface area contributed by atoms with Crippen LogP contribution in [0.4, 0.5) is 16.0 Å². The summed E-state index contributed by atoms with van der Waals surface area (Å²) in [6.07, 6.45) is 0. The van der Waals surface area contributed by atoms with Crippen LogP contribution in [0.2, 0.25) is 10.6 Å². The van der Waals surface area contributed by atoms with Gasteiger partial charge in [-0.1, -0.05) is 6.07 Å². The molecule has 2 rings (SSSR count). The van der Waals surface area contributed by atoms with Gasteiger partial charge in [-0.3, -0.25) is 0 Å². The highest BCUT2D eigenvalue weighted by Crippen LogP contribution is 2.22. The van der Waals surface area contributed by atoms with Crippen LogP contribution in [0.3, 0.4) is 0 Å². The molecule has 0 saturated heterocycles. The maximum Gasteiger partial charge on any atom is 0.235 e. The van der Waals surface area contributed by atoms with Crippen molar-refractivity contribution in [3.05, 3.63) is 40.6 Å². The highest BCUT2D eigenvalue weighted by atomic mass is 35.5. The first-order chi connectivity index (χ1) is 8.06. The Morgan fingerprint density at radius 2 is 1.76 bits per heavy atom. The van der Waals surface area contributed by atoms with Crippen molar-refractivity contribution in [2.24, 2.45) is 0 Å². The monoisotopic (exact) mass is 272 g/mol. The summed E-state index contributed by atoms with van der Waals surface area (Å²) < 4.78 is 13.1. The molecular formula is C10H7Cl2FN4. The van der Waals surface area contributed by atoms with Gasteiger partial charge in [0, 0.05) is 12.7 Å². The van der Waals surface area contributed by atoms with E-state index in [4.69, 9.17) is 23.2 Å². The second kappa shape index (κ2) is 4.81. The first kappa shape index (κ1) is 12.0. The summed E-state index contributed by atoms with van der Waals surface area (Å²) in [6, 6.07) is 6.01. The Labute approximate surface area is 107 Å². The molecule has 0 fully saturated rings. The molecule has 0 aliphatic rings. The first-order valence-corrected chi connectivity index (χ1v) is 5.38. The van der Waals surface area contributed by atoms with Crippen molar-refractivity contribution in [2.75, 3.05) is 11.9 Å². The number of anilines is 2. The van der Waals surface area contributed by atoms with Crippen LogP contribution in [-0.2, 0) is 0 Å². The third-order valence-corrected chi connectivity index (χ3v) is 2.40. The minimum Gasteiger partial charge on any atom is -0.313 e. The fourth-order valence-corrected chi connectivity index (χ4v) is 1.62. The summed E-state index contributed by atoms with van der Waals surface area (Å²) in [5.41, 5.74) is 0.586. The number of rotatable bonds is 2. The minimum absolute atomic E-state index is 0.0109. The summed E-state index contributed by atoms with van der Waals surface area (Å²) in [5.74, 6) is -0.0961. The molecule has 2 aromatic rings. The number of hydrogen-bond donors (Lipinski definition) is 0. The number of halogens is 3. The van der Waals surface area contributed by atoms with Crippen molar-refractivity contribution in [2.45, 2.75) is 0 Å². The number of hydrogen-bond acceptors (Lipinski definition) is 4. The Morgan fingerprint density at radius 1 is 1.12 bits per heavy atom. The summed E-state index contributed by atoms with van der Waals surface area (Å²) >= 11 is 11.3. The Morgan fingerprint density at radius 3 is 2.35 bits per heavy atom. The maximum atomic E-state index is 13.1. The average molecular weight is 273 g/mol. The summed E-state index contributed by atoms with van der Waals surface area (Å²) in [4.78, 5) is 13.0. The highest BCUT2D eigenvalue weighted by molar-refractivity contribution is 6.31. The number of aromatic nitrogens is 3. The van der Waals surface area contributed by atoms with Crippen molar-refractivity contribution in [1.29, 1.82) is 0 Å². The molecule has 0 unspecified atom stereocenters. The standard InChI is InChI=1S/C10H7Cl2FN4/c1-17(7-4-2-3-6(13)5-7)10-15-8(11)14-9(12)16-10/h2-5H,1H3. The van der Waals surface area contributed by atoms with Gasteiger partial charge in [0.1, 0.15) is 5.82 Å². The summed E-state index contributed by atoms with van der Waals surface area (Å²) in [7, 11) is 1.68. The van der Waals surface area contributed by atoms with E-state index < -0.39 is 0 Å².